The zero-order valence-electron chi connectivity index (χ0n) is 23.5. The summed E-state index contributed by atoms with van der Waals surface area (Å²) in [6.45, 7) is 0. The second-order valence-corrected chi connectivity index (χ2v) is 12.3. The second-order valence-electron chi connectivity index (χ2n) is 12.3. The van der Waals surface area contributed by atoms with E-state index in [1.807, 2.05) is 0 Å². The predicted octanol–water partition coefficient (Wildman–Crippen LogP) is -1.72. The lowest BCUT2D eigenvalue weighted by atomic mass is 9.76. The molecule has 8 rings (SSSR count). The summed E-state index contributed by atoms with van der Waals surface area (Å²) >= 11 is 0. The van der Waals surface area contributed by atoms with Crippen molar-refractivity contribution in [1.29, 1.82) is 0 Å². The van der Waals surface area contributed by atoms with Crippen LogP contribution >= 0.6 is 0 Å². The first-order chi connectivity index (χ1) is 21.6. The molecule has 2 aliphatic carbocycles. The van der Waals surface area contributed by atoms with E-state index in [9.17, 15) is 57.5 Å². The molecule has 2 saturated carbocycles. The van der Waals surface area contributed by atoms with Crippen molar-refractivity contribution in [3.63, 3.8) is 0 Å². The molecule has 6 saturated heterocycles. The van der Waals surface area contributed by atoms with Crippen molar-refractivity contribution in [1.82, 2.24) is 0 Å². The highest BCUT2D eigenvalue weighted by molar-refractivity contribution is 6.05. The molecule has 0 aromatic heterocycles. The third-order valence-electron chi connectivity index (χ3n) is 9.62. The topological polar surface area (TPSA) is 260 Å². The van der Waals surface area contributed by atoms with Gasteiger partial charge >= 0.3 is 71.6 Å². The van der Waals surface area contributed by atoms with E-state index in [1.165, 1.54) is 0 Å². The smallest absolute Gasteiger partial charge is 0.321 e. The van der Waals surface area contributed by atoms with Crippen LogP contribution in [0.25, 0.3) is 0 Å². The highest BCUT2D eigenvalue weighted by Crippen LogP contribution is 2.55. The molecule has 18 nitrogen and oxygen atoms in total. The van der Waals surface area contributed by atoms with E-state index in [2.05, 4.69) is 28.4 Å². The summed E-state index contributed by atoms with van der Waals surface area (Å²) in [5.74, 6) is -11.7. The second kappa shape index (κ2) is 10.7. The molecule has 18 heteroatoms. The Kier molecular flexibility index (Phi) is 7.20. The van der Waals surface area contributed by atoms with E-state index in [4.69, 9.17) is 0 Å². The molecular formula is C28H22O18. The number of rotatable bonds is 0. The number of carbonyl (C=O) groups is 12. The fraction of sp³-hybridized carbons (Fsp3) is 0.571. The molecule has 0 aromatic carbocycles. The number of esters is 12. The Morgan fingerprint density at radius 2 is 1.04 bits per heavy atom. The van der Waals surface area contributed by atoms with Gasteiger partial charge in [-0.3, -0.25) is 57.5 Å². The standard InChI is InChI=1S/2C10H8O6.C8H6O6/c11-6-3-10(9(14)15-6)2-4-1-5(10)8(13)16-7(4)12;11-6-2-3-4-1-5(7(3)10(14)15-6)9(13)16-8(4)12;9-4-1-8(2-5(10)13-4)3-6(11)14-7(8)12/h4-5H,1-3H2;3-5,7H,1-2H2;1-3H2. The SMILES string of the molecule is O=C1CC2(CC(=O)O1)CC(=O)OC2=O.O=C1CC2(CC3CC2C(=O)OC3=O)C(=O)O1.O=C1CC2C3CC(C(=O)OC3=O)C2C(=O)O1. The van der Waals surface area contributed by atoms with Crippen LogP contribution in [0.5, 0.6) is 0 Å². The van der Waals surface area contributed by atoms with E-state index in [1.54, 1.807) is 0 Å². The van der Waals surface area contributed by atoms with E-state index >= 15 is 0 Å². The van der Waals surface area contributed by atoms with Gasteiger partial charge in [-0.05, 0) is 25.2 Å². The van der Waals surface area contributed by atoms with Gasteiger partial charge in [-0.2, -0.15) is 0 Å². The average molecular weight is 646 g/mol. The number of carbonyl (C=O) groups excluding carboxylic acids is 12. The van der Waals surface area contributed by atoms with Gasteiger partial charge < -0.3 is 28.4 Å². The normalized spacial score (nSPS) is 36.5. The van der Waals surface area contributed by atoms with Crippen LogP contribution in [0.2, 0.25) is 0 Å². The summed E-state index contributed by atoms with van der Waals surface area (Å²) in [6.07, 6.45) is -0.0587. The van der Waals surface area contributed by atoms with Gasteiger partial charge in [0.2, 0.25) is 0 Å². The van der Waals surface area contributed by atoms with Gasteiger partial charge in [-0.25, -0.2) is 0 Å². The van der Waals surface area contributed by atoms with Crippen LogP contribution in [0.15, 0.2) is 0 Å². The van der Waals surface area contributed by atoms with E-state index in [0.717, 1.165) is 0 Å². The maximum absolute atomic E-state index is 11.6. The maximum atomic E-state index is 11.6. The Labute approximate surface area is 255 Å². The number of fused-ring (bicyclic) bond motifs is 8. The molecule has 46 heavy (non-hydrogen) atoms. The quantitative estimate of drug-likeness (QED) is 0.161. The minimum atomic E-state index is -1.29. The first-order valence-corrected chi connectivity index (χ1v) is 14.1. The van der Waals surface area contributed by atoms with Crippen LogP contribution in [0, 0.1) is 46.3 Å². The molecule has 0 amide bonds. The maximum Gasteiger partial charge on any atom is 0.321 e. The summed E-state index contributed by atoms with van der Waals surface area (Å²) in [6, 6.07) is 0. The molecule has 2 spiro atoms. The van der Waals surface area contributed by atoms with Crippen molar-refractivity contribution in [2.45, 2.75) is 51.4 Å². The summed E-state index contributed by atoms with van der Waals surface area (Å²) in [4.78, 5) is 135. The van der Waals surface area contributed by atoms with Crippen LogP contribution in [0.1, 0.15) is 51.4 Å². The van der Waals surface area contributed by atoms with Crippen molar-refractivity contribution in [3.05, 3.63) is 0 Å². The van der Waals surface area contributed by atoms with E-state index in [0.29, 0.717) is 12.8 Å². The number of cyclic esters (lactones) is 12. The van der Waals surface area contributed by atoms with Gasteiger partial charge in [0.25, 0.3) is 0 Å². The van der Waals surface area contributed by atoms with Gasteiger partial charge in [0.05, 0.1) is 72.5 Å². The third kappa shape index (κ3) is 4.96. The van der Waals surface area contributed by atoms with E-state index in [-0.39, 0.29) is 38.5 Å². The molecule has 242 valence electrons. The van der Waals surface area contributed by atoms with Crippen LogP contribution in [-0.2, 0) is 86.0 Å². The number of ether oxygens (including phenoxy) is 6. The third-order valence-corrected chi connectivity index (χ3v) is 9.62. The summed E-state index contributed by atoms with van der Waals surface area (Å²) in [5.41, 5.74) is -2.42. The lowest BCUT2D eigenvalue weighted by Crippen LogP contribution is -2.38. The molecule has 6 heterocycles. The Bertz CT molecular complexity index is 1560. The zero-order chi connectivity index (χ0) is 33.3. The molecule has 0 radical (unpaired) electrons. The molecule has 8 aliphatic rings. The fourth-order valence-corrected chi connectivity index (χ4v) is 7.53. The largest absolute Gasteiger partial charge is 0.393 e. The minimum absolute atomic E-state index is 0.0138. The number of hydrogen-bond acceptors (Lipinski definition) is 18. The lowest BCUT2D eigenvalue weighted by Gasteiger charge is -2.24. The molecule has 4 bridgehead atoms. The van der Waals surface area contributed by atoms with Gasteiger partial charge in [0, 0.05) is 0 Å². The highest BCUT2D eigenvalue weighted by atomic mass is 16.6. The van der Waals surface area contributed by atoms with E-state index < -0.39 is 118 Å². The van der Waals surface area contributed by atoms with Crippen LogP contribution in [-0.4, -0.2) is 71.6 Å². The fourth-order valence-electron chi connectivity index (χ4n) is 7.53. The van der Waals surface area contributed by atoms with Crippen molar-refractivity contribution in [3.8, 4) is 0 Å². The first-order valence-electron chi connectivity index (χ1n) is 14.1. The Balaban J connectivity index is 0.000000122. The molecule has 0 aromatic rings. The molecule has 0 N–H and O–H groups in total. The van der Waals surface area contributed by atoms with Gasteiger partial charge in [0.1, 0.15) is 0 Å². The molecule has 7 atom stereocenters. The average Bonchev–Trinajstić information content (AvgIpc) is 3.63. The summed E-state index contributed by atoms with van der Waals surface area (Å²) in [7, 11) is 0. The first kappa shape index (κ1) is 30.8. The van der Waals surface area contributed by atoms with Crippen LogP contribution < -0.4 is 0 Å². The van der Waals surface area contributed by atoms with Crippen molar-refractivity contribution < 1.29 is 86.0 Å². The van der Waals surface area contributed by atoms with Gasteiger partial charge in [-0.15, -0.1) is 0 Å². The Morgan fingerprint density at radius 1 is 0.478 bits per heavy atom. The summed E-state index contributed by atoms with van der Waals surface area (Å²) in [5, 5.41) is 0. The van der Waals surface area contributed by atoms with Gasteiger partial charge in [-0.1, -0.05) is 0 Å². The Hall–Kier alpha value is -5.16. The predicted molar refractivity (Wildman–Crippen MR) is 129 cm³/mol. The molecule has 6 aliphatic heterocycles. The molecular weight excluding hydrogens is 624 g/mol. The minimum Gasteiger partial charge on any atom is -0.393 e. The van der Waals surface area contributed by atoms with Crippen molar-refractivity contribution in [2.75, 3.05) is 0 Å². The summed E-state index contributed by atoms with van der Waals surface area (Å²) < 4.78 is 26.7. The molecule has 7 unspecified atom stereocenters. The highest BCUT2D eigenvalue weighted by Gasteiger charge is 2.66. The van der Waals surface area contributed by atoms with Crippen molar-refractivity contribution >= 4 is 71.6 Å². The zero-order valence-corrected chi connectivity index (χ0v) is 23.5. The lowest BCUT2D eigenvalue weighted by molar-refractivity contribution is -0.174. The van der Waals surface area contributed by atoms with Gasteiger partial charge in [0.15, 0.2) is 0 Å². The molecule has 8 fully saturated rings. The van der Waals surface area contributed by atoms with Crippen molar-refractivity contribution in [2.24, 2.45) is 46.3 Å². The number of hydrogen-bond donors (Lipinski definition) is 0. The van der Waals surface area contributed by atoms with Crippen LogP contribution in [0.4, 0.5) is 0 Å². The Morgan fingerprint density at radius 3 is 1.65 bits per heavy atom. The monoisotopic (exact) mass is 646 g/mol. The van der Waals surface area contributed by atoms with Crippen LogP contribution in [0.3, 0.4) is 0 Å².